The van der Waals surface area contributed by atoms with Gasteiger partial charge in [0, 0.05) is 24.8 Å². The molecule has 2 heterocycles. The number of rotatable bonds is 7. The van der Waals surface area contributed by atoms with Crippen molar-refractivity contribution >= 4 is 28.3 Å². The standard InChI is InChI=1S/C27H33F6N3O4S/c1-25(2,3)12-19(37)34-21(14-8-10-26(29,30)11-9-14)24-35-22-17(39-24)7-6-16(20(22)28)23(15-4-5-15)36-13-18(27(31,32)33)40-41(36)38/h6-7,14-15,18,21,23H,4-5,8-13H2,1-3H3,(H,34,37)/t18?,21-,23?,41?/m0/s1. The summed E-state index contributed by atoms with van der Waals surface area (Å²) in [5, 5.41) is 2.87. The lowest BCUT2D eigenvalue weighted by Crippen LogP contribution is -2.38. The molecule has 0 radical (unpaired) electrons. The summed E-state index contributed by atoms with van der Waals surface area (Å²) in [5.41, 5.74) is -0.486. The predicted octanol–water partition coefficient (Wildman–Crippen LogP) is 6.68. The maximum Gasteiger partial charge on any atom is 0.417 e. The lowest BCUT2D eigenvalue weighted by molar-refractivity contribution is -0.187. The zero-order chi connectivity index (χ0) is 29.9. The van der Waals surface area contributed by atoms with Gasteiger partial charge in [0.2, 0.25) is 29.0 Å². The normalized spacial score (nSPS) is 25.9. The minimum absolute atomic E-state index is 0.0188. The zero-order valence-corrected chi connectivity index (χ0v) is 23.7. The van der Waals surface area contributed by atoms with E-state index in [2.05, 4.69) is 14.5 Å². The molecule has 0 spiro atoms. The third kappa shape index (κ3) is 6.74. The highest BCUT2D eigenvalue weighted by Gasteiger charge is 2.53. The lowest BCUT2D eigenvalue weighted by Gasteiger charge is -2.33. The molecule has 3 aliphatic rings. The topological polar surface area (TPSA) is 84.7 Å². The minimum Gasteiger partial charge on any atom is -0.438 e. The van der Waals surface area contributed by atoms with E-state index in [1.54, 1.807) is 0 Å². The first-order valence-corrected chi connectivity index (χ1v) is 14.7. The monoisotopic (exact) mass is 609 g/mol. The third-order valence-corrected chi connectivity index (χ3v) is 9.01. The van der Waals surface area contributed by atoms with E-state index in [0.29, 0.717) is 12.8 Å². The van der Waals surface area contributed by atoms with Crippen molar-refractivity contribution in [3.05, 3.63) is 29.4 Å². The summed E-state index contributed by atoms with van der Waals surface area (Å²) in [4.78, 5) is 17.2. The Labute approximate surface area is 236 Å². The Morgan fingerprint density at radius 2 is 1.80 bits per heavy atom. The highest BCUT2D eigenvalue weighted by Crippen LogP contribution is 2.49. The molecular formula is C27H33F6N3O4S. The van der Waals surface area contributed by atoms with Crippen LogP contribution in [0, 0.1) is 23.1 Å². The van der Waals surface area contributed by atoms with E-state index in [1.165, 1.54) is 12.1 Å². The van der Waals surface area contributed by atoms with Crippen LogP contribution in [0.2, 0.25) is 0 Å². The molecule has 2 aromatic rings. The number of hydrogen-bond acceptors (Lipinski definition) is 5. The van der Waals surface area contributed by atoms with Crippen LogP contribution in [0.5, 0.6) is 0 Å². The number of carbonyl (C=O) groups is 1. The molecule has 0 bridgehead atoms. The molecule has 1 aliphatic heterocycles. The van der Waals surface area contributed by atoms with E-state index >= 15 is 4.39 Å². The zero-order valence-electron chi connectivity index (χ0n) is 22.9. The number of hydrogen-bond donors (Lipinski definition) is 1. The molecule has 1 saturated heterocycles. The summed E-state index contributed by atoms with van der Waals surface area (Å²) in [6.45, 7) is 4.94. The Morgan fingerprint density at radius 1 is 1.15 bits per heavy atom. The second kappa shape index (κ2) is 10.8. The molecular weight excluding hydrogens is 576 g/mol. The summed E-state index contributed by atoms with van der Waals surface area (Å²) in [5.74, 6) is -4.63. The van der Waals surface area contributed by atoms with Crippen LogP contribution in [0.4, 0.5) is 26.3 Å². The van der Waals surface area contributed by atoms with E-state index in [9.17, 15) is 31.0 Å². The van der Waals surface area contributed by atoms with E-state index in [4.69, 9.17) is 4.42 Å². The van der Waals surface area contributed by atoms with E-state index in [-0.39, 0.29) is 71.9 Å². The van der Waals surface area contributed by atoms with Crippen LogP contribution in [-0.2, 0) is 20.2 Å². The summed E-state index contributed by atoms with van der Waals surface area (Å²) < 4.78 is 108. The molecule has 1 N–H and O–H groups in total. The second-order valence-corrected chi connectivity index (χ2v) is 13.7. The molecule has 2 aliphatic carbocycles. The second-order valence-electron chi connectivity index (χ2n) is 12.6. The maximum atomic E-state index is 16.0. The molecule has 5 rings (SSSR count). The number of aromatic nitrogens is 1. The van der Waals surface area contributed by atoms with Crippen molar-refractivity contribution in [1.29, 1.82) is 0 Å². The highest BCUT2D eigenvalue weighted by molar-refractivity contribution is 7.78. The molecule has 3 fully saturated rings. The largest absolute Gasteiger partial charge is 0.438 e. The molecule has 228 valence electrons. The fourth-order valence-corrected chi connectivity index (χ4v) is 6.88. The SMILES string of the molecule is CC(C)(C)CC(=O)N[C@H](c1nc2c(F)c(C(C3CC3)N3CC(C(F)(F)F)OS3=O)ccc2o1)C1CCC(F)(F)CC1. The van der Waals surface area contributed by atoms with Crippen LogP contribution in [0.15, 0.2) is 16.5 Å². The van der Waals surface area contributed by atoms with Crippen molar-refractivity contribution < 1.29 is 43.9 Å². The number of oxazole rings is 1. The quantitative estimate of drug-likeness (QED) is 0.354. The number of nitrogens with zero attached hydrogens (tertiary/aromatic N) is 2. The number of benzene rings is 1. The number of alkyl halides is 5. The number of halogens is 6. The Kier molecular flexibility index (Phi) is 7.99. The van der Waals surface area contributed by atoms with Gasteiger partial charge in [0.25, 0.3) is 0 Å². The molecule has 4 atom stereocenters. The molecule has 7 nitrogen and oxygen atoms in total. The molecule has 2 saturated carbocycles. The van der Waals surface area contributed by atoms with Crippen LogP contribution >= 0.6 is 0 Å². The van der Waals surface area contributed by atoms with Crippen LogP contribution in [0.25, 0.3) is 11.1 Å². The molecule has 41 heavy (non-hydrogen) atoms. The summed E-state index contributed by atoms with van der Waals surface area (Å²) in [7, 11) is 0. The van der Waals surface area contributed by atoms with Crippen LogP contribution in [0.3, 0.4) is 0 Å². The van der Waals surface area contributed by atoms with Crippen molar-refractivity contribution in [2.45, 2.75) is 96.0 Å². The average molecular weight is 610 g/mol. The van der Waals surface area contributed by atoms with Crippen LogP contribution in [-0.4, -0.2) is 44.2 Å². The van der Waals surface area contributed by atoms with Crippen LogP contribution < -0.4 is 5.32 Å². The van der Waals surface area contributed by atoms with Crippen molar-refractivity contribution in [2.75, 3.05) is 6.54 Å². The Morgan fingerprint density at radius 3 is 2.37 bits per heavy atom. The van der Waals surface area contributed by atoms with E-state index in [1.807, 2.05) is 20.8 Å². The van der Waals surface area contributed by atoms with E-state index in [0.717, 1.165) is 4.31 Å². The van der Waals surface area contributed by atoms with Gasteiger partial charge in [0.05, 0.1) is 12.6 Å². The van der Waals surface area contributed by atoms with Gasteiger partial charge < -0.3 is 9.73 Å². The van der Waals surface area contributed by atoms with Gasteiger partial charge in [-0.05, 0) is 49.0 Å². The number of amides is 1. The fourth-order valence-electron chi connectivity index (χ4n) is 5.67. The van der Waals surface area contributed by atoms with Crippen molar-refractivity contribution in [3.8, 4) is 0 Å². The first-order chi connectivity index (χ1) is 19.0. The molecule has 1 aromatic carbocycles. The Bertz CT molecular complexity index is 1310. The molecule has 1 aromatic heterocycles. The van der Waals surface area contributed by atoms with Gasteiger partial charge >= 0.3 is 6.18 Å². The van der Waals surface area contributed by atoms with Gasteiger partial charge in [-0.15, -0.1) is 0 Å². The van der Waals surface area contributed by atoms with Crippen molar-refractivity contribution in [2.24, 2.45) is 17.3 Å². The van der Waals surface area contributed by atoms with Gasteiger partial charge in [-0.3, -0.25) is 8.98 Å². The molecule has 3 unspecified atom stereocenters. The van der Waals surface area contributed by atoms with Crippen molar-refractivity contribution in [3.63, 3.8) is 0 Å². The van der Waals surface area contributed by atoms with E-state index < -0.39 is 59.8 Å². The first-order valence-electron chi connectivity index (χ1n) is 13.7. The van der Waals surface area contributed by atoms with Gasteiger partial charge in [-0.2, -0.15) is 17.5 Å². The van der Waals surface area contributed by atoms with Gasteiger partial charge in [0.15, 0.2) is 17.5 Å². The van der Waals surface area contributed by atoms with Crippen LogP contribution in [0.1, 0.15) is 89.3 Å². The summed E-state index contributed by atoms with van der Waals surface area (Å²) in [6.07, 6.45) is -6.11. The first kappa shape index (κ1) is 30.3. The highest BCUT2D eigenvalue weighted by atomic mass is 32.2. The maximum absolute atomic E-state index is 16.0. The third-order valence-electron chi connectivity index (χ3n) is 7.85. The molecule has 1 amide bonds. The van der Waals surface area contributed by atoms with Gasteiger partial charge in [-0.25, -0.2) is 22.4 Å². The lowest BCUT2D eigenvalue weighted by atomic mass is 9.81. The fraction of sp³-hybridized carbons (Fsp3) is 0.704. The summed E-state index contributed by atoms with van der Waals surface area (Å²) >= 11 is -2.42. The van der Waals surface area contributed by atoms with Gasteiger partial charge in [-0.1, -0.05) is 26.8 Å². The average Bonchev–Trinajstić information content (AvgIpc) is 3.45. The number of fused-ring (bicyclic) bond motifs is 1. The van der Waals surface area contributed by atoms with Crippen molar-refractivity contribution in [1.82, 2.24) is 14.6 Å². The number of carbonyl (C=O) groups excluding carboxylic acids is 1. The molecule has 14 heteroatoms. The Hall–Kier alpha value is -2.19. The van der Waals surface area contributed by atoms with Gasteiger partial charge in [0.1, 0.15) is 11.6 Å². The minimum atomic E-state index is -4.72. The smallest absolute Gasteiger partial charge is 0.417 e. The Balaban J connectivity index is 1.47. The summed E-state index contributed by atoms with van der Waals surface area (Å²) in [6, 6.07) is 1.00. The number of nitrogens with one attached hydrogen (secondary N) is 1. The predicted molar refractivity (Wildman–Crippen MR) is 137 cm³/mol.